The number of amides is 1. The fraction of sp³-hybridized carbons (Fsp3) is 0.941. The molecule has 2 rings (SSSR count). The second kappa shape index (κ2) is 7.59. The Balaban J connectivity index is 1.92. The lowest BCUT2D eigenvalue weighted by Crippen LogP contribution is -2.44. The van der Waals surface area contributed by atoms with Crippen LogP contribution in [-0.2, 0) is 4.79 Å². The Morgan fingerprint density at radius 1 is 1.19 bits per heavy atom. The quantitative estimate of drug-likeness (QED) is 0.783. The van der Waals surface area contributed by atoms with Crippen LogP contribution in [0.5, 0.6) is 0 Å². The number of hydrogen-bond donors (Lipinski definition) is 1. The molecule has 0 saturated carbocycles. The highest BCUT2D eigenvalue weighted by molar-refractivity contribution is 5.84. The van der Waals surface area contributed by atoms with Crippen molar-refractivity contribution in [1.82, 2.24) is 15.1 Å². The van der Waals surface area contributed by atoms with Crippen LogP contribution in [-0.4, -0.2) is 54.1 Å². The van der Waals surface area contributed by atoms with Crippen molar-refractivity contribution in [2.75, 3.05) is 26.2 Å². The number of likely N-dealkylation sites (tertiary alicyclic amines) is 1. The Kier molecular flexibility index (Phi) is 6.06. The molecule has 122 valence electrons. The van der Waals surface area contributed by atoms with E-state index in [1.807, 2.05) is 0 Å². The average Bonchev–Trinajstić information content (AvgIpc) is 3.02. The Bertz CT molecular complexity index is 339. The first-order chi connectivity index (χ1) is 10.0. The largest absolute Gasteiger partial charge is 0.325 e. The maximum atomic E-state index is 12.6. The van der Waals surface area contributed by atoms with Crippen LogP contribution >= 0.6 is 0 Å². The summed E-state index contributed by atoms with van der Waals surface area (Å²) in [5.41, 5.74) is 0. The van der Waals surface area contributed by atoms with Crippen LogP contribution in [0.3, 0.4) is 0 Å². The lowest BCUT2D eigenvalue weighted by Gasteiger charge is -2.31. The third-order valence-electron chi connectivity index (χ3n) is 4.77. The summed E-state index contributed by atoms with van der Waals surface area (Å²) < 4.78 is 0. The number of hydrogen-bond acceptors (Lipinski definition) is 3. The van der Waals surface area contributed by atoms with Gasteiger partial charge in [0.15, 0.2) is 0 Å². The van der Waals surface area contributed by atoms with Crippen LogP contribution in [0.25, 0.3) is 0 Å². The van der Waals surface area contributed by atoms with Gasteiger partial charge in [-0.1, -0.05) is 34.1 Å². The first-order valence-electron chi connectivity index (χ1n) is 8.81. The third-order valence-corrected chi connectivity index (χ3v) is 4.77. The summed E-state index contributed by atoms with van der Waals surface area (Å²) in [5.74, 6) is 1.34. The normalized spacial score (nSPS) is 28.8. The molecule has 2 aliphatic rings. The van der Waals surface area contributed by atoms with E-state index in [0.717, 1.165) is 25.9 Å². The fourth-order valence-corrected chi connectivity index (χ4v) is 3.76. The van der Waals surface area contributed by atoms with Crippen molar-refractivity contribution in [2.24, 2.45) is 11.8 Å². The van der Waals surface area contributed by atoms with Crippen LogP contribution < -0.4 is 5.32 Å². The highest BCUT2D eigenvalue weighted by Gasteiger charge is 2.40. The Hall–Kier alpha value is -0.610. The molecule has 0 radical (unpaired) electrons. The van der Waals surface area contributed by atoms with E-state index in [-0.39, 0.29) is 12.2 Å². The molecule has 21 heavy (non-hydrogen) atoms. The maximum absolute atomic E-state index is 12.6. The molecule has 0 aromatic rings. The summed E-state index contributed by atoms with van der Waals surface area (Å²) in [6.07, 6.45) is 4.91. The molecule has 3 unspecified atom stereocenters. The molecule has 2 fully saturated rings. The number of rotatable bonds is 7. The minimum absolute atomic E-state index is 0.0430. The summed E-state index contributed by atoms with van der Waals surface area (Å²) in [4.78, 5) is 17.3. The van der Waals surface area contributed by atoms with Crippen molar-refractivity contribution < 1.29 is 4.79 Å². The van der Waals surface area contributed by atoms with Crippen molar-refractivity contribution in [1.29, 1.82) is 0 Å². The predicted molar refractivity (Wildman–Crippen MR) is 87.0 cm³/mol. The van der Waals surface area contributed by atoms with E-state index in [2.05, 4.69) is 42.8 Å². The van der Waals surface area contributed by atoms with Gasteiger partial charge in [-0.25, -0.2) is 0 Å². The van der Waals surface area contributed by atoms with Crippen molar-refractivity contribution in [3.8, 4) is 0 Å². The summed E-state index contributed by atoms with van der Waals surface area (Å²) in [7, 11) is 0. The van der Waals surface area contributed by atoms with Crippen molar-refractivity contribution in [3.05, 3.63) is 0 Å². The van der Waals surface area contributed by atoms with Gasteiger partial charge in [0.2, 0.25) is 5.91 Å². The van der Waals surface area contributed by atoms with Gasteiger partial charge < -0.3 is 9.80 Å². The minimum atomic E-state index is 0.0430. The van der Waals surface area contributed by atoms with E-state index in [0.29, 0.717) is 17.7 Å². The number of nitrogens with zero attached hydrogens (tertiary/aromatic N) is 2. The Morgan fingerprint density at radius 2 is 1.86 bits per heavy atom. The summed E-state index contributed by atoms with van der Waals surface area (Å²) in [5, 5.41) is 3.55. The molecule has 2 aliphatic heterocycles. The molecule has 1 N–H and O–H groups in total. The first kappa shape index (κ1) is 16.8. The van der Waals surface area contributed by atoms with Gasteiger partial charge in [-0.2, -0.15) is 0 Å². The SMILES string of the molecule is CCCC1NC(C(C)C)N(CC(C)CN2CCCC2)C1=O. The molecule has 3 atom stereocenters. The van der Waals surface area contributed by atoms with Gasteiger partial charge in [0.25, 0.3) is 0 Å². The summed E-state index contributed by atoms with van der Waals surface area (Å²) >= 11 is 0. The fourth-order valence-electron chi connectivity index (χ4n) is 3.76. The van der Waals surface area contributed by atoms with Crippen molar-refractivity contribution in [3.63, 3.8) is 0 Å². The lowest BCUT2D eigenvalue weighted by molar-refractivity contribution is -0.131. The molecule has 1 amide bonds. The van der Waals surface area contributed by atoms with E-state index >= 15 is 0 Å². The van der Waals surface area contributed by atoms with Gasteiger partial charge in [0.05, 0.1) is 12.2 Å². The molecular formula is C17H33N3O. The zero-order valence-corrected chi connectivity index (χ0v) is 14.3. The molecule has 0 aromatic heterocycles. The molecule has 0 aromatic carbocycles. The van der Waals surface area contributed by atoms with Crippen LogP contribution in [0.1, 0.15) is 53.4 Å². The minimum Gasteiger partial charge on any atom is -0.325 e. The zero-order valence-electron chi connectivity index (χ0n) is 14.3. The van der Waals surface area contributed by atoms with Gasteiger partial charge in [0, 0.05) is 13.1 Å². The van der Waals surface area contributed by atoms with Gasteiger partial charge in [-0.05, 0) is 44.2 Å². The third kappa shape index (κ3) is 4.19. The van der Waals surface area contributed by atoms with Gasteiger partial charge in [-0.15, -0.1) is 0 Å². The molecule has 0 spiro atoms. The smallest absolute Gasteiger partial charge is 0.241 e. The molecule has 2 saturated heterocycles. The Labute approximate surface area is 130 Å². The number of carbonyl (C=O) groups is 1. The topological polar surface area (TPSA) is 35.6 Å². The van der Waals surface area contributed by atoms with E-state index in [9.17, 15) is 4.79 Å². The van der Waals surface area contributed by atoms with Crippen LogP contribution in [0.15, 0.2) is 0 Å². The average molecular weight is 295 g/mol. The predicted octanol–water partition coefficient (Wildman–Crippen LogP) is 2.30. The molecule has 4 heteroatoms. The molecule has 4 nitrogen and oxygen atoms in total. The van der Waals surface area contributed by atoms with E-state index < -0.39 is 0 Å². The molecular weight excluding hydrogens is 262 g/mol. The highest BCUT2D eigenvalue weighted by atomic mass is 16.2. The Morgan fingerprint density at radius 3 is 2.43 bits per heavy atom. The highest BCUT2D eigenvalue weighted by Crippen LogP contribution is 2.22. The second-order valence-corrected chi connectivity index (χ2v) is 7.30. The van der Waals surface area contributed by atoms with Crippen LogP contribution in [0.4, 0.5) is 0 Å². The van der Waals surface area contributed by atoms with Crippen LogP contribution in [0.2, 0.25) is 0 Å². The van der Waals surface area contributed by atoms with Gasteiger partial charge in [-0.3, -0.25) is 10.1 Å². The standard InChI is InChI=1S/C17H33N3O/c1-5-8-15-17(21)20(16(18-15)13(2)3)12-14(4)11-19-9-6-7-10-19/h13-16,18H,5-12H2,1-4H3. The summed E-state index contributed by atoms with van der Waals surface area (Å²) in [6.45, 7) is 13.4. The zero-order chi connectivity index (χ0) is 15.4. The van der Waals surface area contributed by atoms with E-state index in [4.69, 9.17) is 0 Å². The van der Waals surface area contributed by atoms with Crippen molar-refractivity contribution in [2.45, 2.75) is 65.6 Å². The van der Waals surface area contributed by atoms with Crippen LogP contribution in [0, 0.1) is 11.8 Å². The van der Waals surface area contributed by atoms with Gasteiger partial charge in [0.1, 0.15) is 0 Å². The number of carbonyl (C=O) groups excluding carboxylic acids is 1. The second-order valence-electron chi connectivity index (χ2n) is 7.30. The molecule has 2 heterocycles. The summed E-state index contributed by atoms with van der Waals surface area (Å²) in [6, 6.07) is 0.0430. The maximum Gasteiger partial charge on any atom is 0.241 e. The molecule has 0 bridgehead atoms. The number of nitrogens with one attached hydrogen (secondary N) is 1. The lowest BCUT2D eigenvalue weighted by atomic mass is 10.1. The monoisotopic (exact) mass is 295 g/mol. The first-order valence-corrected chi connectivity index (χ1v) is 8.81. The van der Waals surface area contributed by atoms with E-state index in [1.165, 1.54) is 25.9 Å². The van der Waals surface area contributed by atoms with E-state index in [1.54, 1.807) is 0 Å². The van der Waals surface area contributed by atoms with Gasteiger partial charge >= 0.3 is 0 Å². The molecule has 0 aliphatic carbocycles. The van der Waals surface area contributed by atoms with Crippen molar-refractivity contribution >= 4 is 5.91 Å².